The van der Waals surface area contributed by atoms with Gasteiger partial charge in [0.25, 0.3) is 0 Å². The molecule has 0 spiro atoms. The molecule has 0 saturated carbocycles. The maximum Gasteiger partial charge on any atom is 0.320 e. The van der Waals surface area contributed by atoms with Crippen molar-refractivity contribution in [2.45, 2.75) is 19.4 Å². The largest absolute Gasteiger partial charge is 0.497 e. The Morgan fingerprint density at radius 3 is 2.60 bits per heavy atom. The molecule has 1 heterocycles. The highest BCUT2D eigenvalue weighted by Crippen LogP contribution is 2.22. The molecule has 0 amide bonds. The van der Waals surface area contributed by atoms with E-state index in [9.17, 15) is 9.90 Å². The number of carboxylic acids is 1. The first kappa shape index (κ1) is 14.7. The Hall–Kier alpha value is -1.75. The topological polar surface area (TPSA) is 53.0 Å². The Balaban J connectivity index is 1.98. The first-order valence-corrected chi connectivity index (χ1v) is 7.01. The van der Waals surface area contributed by atoms with Crippen molar-refractivity contribution in [3.63, 3.8) is 0 Å². The number of rotatable bonds is 5. The van der Waals surface area contributed by atoms with Crippen LogP contribution in [-0.4, -0.2) is 55.3 Å². The number of methoxy groups -OCH3 is 1. The summed E-state index contributed by atoms with van der Waals surface area (Å²) in [6.07, 6.45) is 0.647. The van der Waals surface area contributed by atoms with Crippen LogP contribution in [0.25, 0.3) is 0 Å². The summed E-state index contributed by atoms with van der Waals surface area (Å²) in [5, 5.41) is 9.20. The quantitative estimate of drug-likeness (QED) is 0.888. The molecule has 0 bridgehead atoms. The maximum absolute atomic E-state index is 11.2. The number of hydrogen-bond acceptors (Lipinski definition) is 4. The van der Waals surface area contributed by atoms with Crippen molar-refractivity contribution in [1.82, 2.24) is 4.90 Å². The van der Waals surface area contributed by atoms with E-state index in [4.69, 9.17) is 4.74 Å². The zero-order valence-corrected chi connectivity index (χ0v) is 12.1. The second-order valence-electron chi connectivity index (χ2n) is 4.99. The number of benzene rings is 1. The summed E-state index contributed by atoms with van der Waals surface area (Å²) in [4.78, 5) is 15.5. The van der Waals surface area contributed by atoms with Gasteiger partial charge in [0.1, 0.15) is 11.8 Å². The smallest absolute Gasteiger partial charge is 0.320 e. The molecule has 2 rings (SSSR count). The van der Waals surface area contributed by atoms with E-state index in [1.165, 1.54) is 0 Å². The molecule has 1 N–H and O–H groups in total. The van der Waals surface area contributed by atoms with E-state index >= 15 is 0 Å². The number of hydrogen-bond donors (Lipinski definition) is 1. The Kier molecular flexibility index (Phi) is 4.84. The zero-order chi connectivity index (χ0) is 14.5. The minimum absolute atomic E-state index is 0.359. The molecule has 1 saturated heterocycles. The van der Waals surface area contributed by atoms with Gasteiger partial charge in [0.05, 0.1) is 7.11 Å². The van der Waals surface area contributed by atoms with Gasteiger partial charge in [-0.3, -0.25) is 9.69 Å². The molecule has 0 aliphatic carbocycles. The van der Waals surface area contributed by atoms with E-state index in [2.05, 4.69) is 15.9 Å². The summed E-state index contributed by atoms with van der Waals surface area (Å²) in [5.74, 6) is 0.129. The van der Waals surface area contributed by atoms with Gasteiger partial charge in [0.15, 0.2) is 0 Å². The Bertz CT molecular complexity index is 456. The summed E-state index contributed by atoms with van der Waals surface area (Å²) in [7, 11) is 1.66. The Morgan fingerprint density at radius 1 is 1.35 bits per heavy atom. The third kappa shape index (κ3) is 3.22. The summed E-state index contributed by atoms with van der Waals surface area (Å²) in [6, 6.07) is 7.63. The van der Waals surface area contributed by atoms with Gasteiger partial charge in [-0.1, -0.05) is 13.0 Å². The minimum Gasteiger partial charge on any atom is -0.497 e. The van der Waals surface area contributed by atoms with E-state index < -0.39 is 5.97 Å². The molecule has 1 unspecified atom stereocenters. The number of carboxylic acid groups (broad SMARTS) is 1. The second kappa shape index (κ2) is 6.61. The van der Waals surface area contributed by atoms with Crippen molar-refractivity contribution in [2.24, 2.45) is 0 Å². The van der Waals surface area contributed by atoms with Crippen LogP contribution in [0.15, 0.2) is 24.3 Å². The molecule has 1 aliphatic rings. The van der Waals surface area contributed by atoms with Gasteiger partial charge in [-0.25, -0.2) is 0 Å². The van der Waals surface area contributed by atoms with Crippen molar-refractivity contribution in [3.8, 4) is 5.75 Å². The van der Waals surface area contributed by atoms with Crippen molar-refractivity contribution in [2.75, 3.05) is 38.2 Å². The van der Waals surface area contributed by atoms with Crippen molar-refractivity contribution in [1.29, 1.82) is 0 Å². The van der Waals surface area contributed by atoms with Crippen LogP contribution in [0.4, 0.5) is 5.69 Å². The highest BCUT2D eigenvalue weighted by atomic mass is 16.5. The molecule has 1 fully saturated rings. The van der Waals surface area contributed by atoms with Gasteiger partial charge in [0.2, 0.25) is 0 Å². The van der Waals surface area contributed by atoms with Crippen LogP contribution in [-0.2, 0) is 4.79 Å². The molecule has 1 aliphatic heterocycles. The Labute approximate surface area is 119 Å². The Morgan fingerprint density at radius 2 is 2.05 bits per heavy atom. The average molecular weight is 278 g/mol. The van der Waals surface area contributed by atoms with Crippen molar-refractivity contribution >= 4 is 11.7 Å². The van der Waals surface area contributed by atoms with E-state index in [1.807, 2.05) is 25.1 Å². The molecule has 110 valence electrons. The zero-order valence-electron chi connectivity index (χ0n) is 12.1. The lowest BCUT2D eigenvalue weighted by molar-refractivity contribution is -0.143. The van der Waals surface area contributed by atoms with Crippen molar-refractivity contribution < 1.29 is 14.6 Å². The standard InChI is InChI=1S/C15H22N2O3/c1-3-14(15(18)19)17-9-7-16(8-10-17)12-5-4-6-13(11-12)20-2/h4-6,11,14H,3,7-10H2,1-2H3,(H,18,19). The fourth-order valence-electron chi connectivity index (χ4n) is 2.69. The summed E-state index contributed by atoms with van der Waals surface area (Å²) in [5.41, 5.74) is 1.13. The second-order valence-corrected chi connectivity index (χ2v) is 4.99. The molecule has 0 aromatic heterocycles. The van der Waals surface area contributed by atoms with Gasteiger partial charge in [-0.2, -0.15) is 0 Å². The number of anilines is 1. The van der Waals surface area contributed by atoms with E-state index in [0.717, 1.165) is 37.6 Å². The first-order valence-electron chi connectivity index (χ1n) is 7.01. The van der Waals surface area contributed by atoms with Gasteiger partial charge in [-0.15, -0.1) is 0 Å². The third-order valence-electron chi connectivity index (χ3n) is 3.85. The minimum atomic E-state index is -0.720. The van der Waals surface area contributed by atoms with Gasteiger partial charge >= 0.3 is 5.97 Å². The van der Waals surface area contributed by atoms with Gasteiger partial charge in [0, 0.05) is 37.9 Å². The van der Waals surface area contributed by atoms with E-state index in [1.54, 1.807) is 7.11 Å². The number of piperazine rings is 1. The molecule has 5 heteroatoms. The number of carbonyl (C=O) groups is 1. The average Bonchev–Trinajstić information content (AvgIpc) is 2.48. The molecule has 1 aromatic rings. The summed E-state index contributed by atoms with van der Waals surface area (Å²) in [6.45, 7) is 5.17. The molecule has 20 heavy (non-hydrogen) atoms. The monoisotopic (exact) mass is 278 g/mol. The predicted molar refractivity (Wildman–Crippen MR) is 78.5 cm³/mol. The lowest BCUT2D eigenvalue weighted by Crippen LogP contribution is -2.52. The van der Waals surface area contributed by atoms with Crippen LogP contribution in [0.1, 0.15) is 13.3 Å². The molecule has 0 radical (unpaired) electrons. The normalized spacial score (nSPS) is 17.8. The predicted octanol–water partition coefficient (Wildman–Crippen LogP) is 1.68. The van der Waals surface area contributed by atoms with Crippen LogP contribution in [0.5, 0.6) is 5.75 Å². The number of aliphatic carboxylic acids is 1. The van der Waals surface area contributed by atoms with Crippen LogP contribution < -0.4 is 9.64 Å². The SMILES string of the molecule is CCC(C(=O)O)N1CCN(c2cccc(OC)c2)CC1. The first-order chi connectivity index (χ1) is 9.65. The molecular formula is C15H22N2O3. The fraction of sp³-hybridized carbons (Fsp3) is 0.533. The molecule has 1 aromatic carbocycles. The van der Waals surface area contributed by atoms with Crippen LogP contribution >= 0.6 is 0 Å². The van der Waals surface area contributed by atoms with E-state index in [-0.39, 0.29) is 6.04 Å². The van der Waals surface area contributed by atoms with Gasteiger partial charge in [-0.05, 0) is 18.6 Å². The lowest BCUT2D eigenvalue weighted by atomic mass is 10.1. The van der Waals surface area contributed by atoms with Gasteiger partial charge < -0.3 is 14.7 Å². The molecular weight excluding hydrogens is 256 g/mol. The number of nitrogens with zero attached hydrogens (tertiary/aromatic N) is 2. The van der Waals surface area contributed by atoms with E-state index in [0.29, 0.717) is 6.42 Å². The number of ether oxygens (including phenoxy) is 1. The van der Waals surface area contributed by atoms with Crippen LogP contribution in [0.3, 0.4) is 0 Å². The fourth-order valence-corrected chi connectivity index (χ4v) is 2.69. The highest BCUT2D eigenvalue weighted by Gasteiger charge is 2.27. The highest BCUT2D eigenvalue weighted by molar-refractivity contribution is 5.73. The summed E-state index contributed by atoms with van der Waals surface area (Å²) < 4.78 is 5.24. The van der Waals surface area contributed by atoms with Crippen molar-refractivity contribution in [3.05, 3.63) is 24.3 Å². The molecule has 5 nitrogen and oxygen atoms in total. The molecule has 1 atom stereocenters. The summed E-state index contributed by atoms with van der Waals surface area (Å²) >= 11 is 0. The van der Waals surface area contributed by atoms with Crippen LogP contribution in [0.2, 0.25) is 0 Å². The maximum atomic E-state index is 11.2. The lowest BCUT2D eigenvalue weighted by Gasteiger charge is -2.38. The third-order valence-corrected chi connectivity index (χ3v) is 3.85. The van der Waals surface area contributed by atoms with Crippen LogP contribution in [0, 0.1) is 0 Å².